The van der Waals surface area contributed by atoms with Gasteiger partial charge >= 0.3 is 5.97 Å². The number of esters is 1. The summed E-state index contributed by atoms with van der Waals surface area (Å²) in [4.78, 5) is 10.6. The Balaban J connectivity index is 2.33. The molecule has 0 heterocycles. The number of carbonyl (C=O) groups is 1. The zero-order valence-corrected chi connectivity index (χ0v) is 6.83. The fourth-order valence-electron chi connectivity index (χ4n) is 1.39. The van der Waals surface area contributed by atoms with Crippen molar-refractivity contribution in [2.24, 2.45) is 0 Å². The molecule has 0 radical (unpaired) electrons. The third-order valence-corrected chi connectivity index (χ3v) is 2.03. The fourth-order valence-corrected chi connectivity index (χ4v) is 1.39. The van der Waals surface area contributed by atoms with Gasteiger partial charge in [-0.3, -0.25) is 0 Å². The topological polar surface area (TPSA) is 46.5 Å². The largest absolute Gasteiger partial charge is 0.458 e. The molecule has 0 saturated heterocycles. The van der Waals surface area contributed by atoms with Crippen LogP contribution in [0.5, 0.6) is 0 Å². The van der Waals surface area contributed by atoms with Crippen molar-refractivity contribution in [1.82, 2.24) is 0 Å². The number of ether oxygens (including phenoxy) is 1. The Bertz CT molecular complexity index is 160. The lowest BCUT2D eigenvalue weighted by Crippen LogP contribution is -2.32. The van der Waals surface area contributed by atoms with Gasteiger partial charge in [-0.25, -0.2) is 9.18 Å². The normalized spacial score (nSPS) is 29.8. The average molecular weight is 176 g/mol. The molecule has 1 fully saturated rings. The molecule has 3 nitrogen and oxygen atoms in total. The smallest absolute Gasteiger partial charge is 0.332 e. The predicted molar refractivity (Wildman–Crippen MR) is 40.3 cm³/mol. The van der Waals surface area contributed by atoms with E-state index >= 15 is 0 Å². The molecule has 0 aromatic carbocycles. The van der Waals surface area contributed by atoms with Crippen molar-refractivity contribution in [3.05, 3.63) is 0 Å². The summed E-state index contributed by atoms with van der Waals surface area (Å²) >= 11 is 0. The van der Waals surface area contributed by atoms with Gasteiger partial charge in [0.25, 0.3) is 0 Å². The highest BCUT2D eigenvalue weighted by molar-refractivity contribution is 5.70. The highest BCUT2D eigenvalue weighted by Gasteiger charge is 2.27. The van der Waals surface area contributed by atoms with E-state index in [1.165, 1.54) is 0 Å². The van der Waals surface area contributed by atoms with E-state index in [-0.39, 0.29) is 0 Å². The van der Waals surface area contributed by atoms with Gasteiger partial charge < -0.3 is 9.84 Å². The number of carbonyl (C=O) groups excluding carboxylic acids is 1. The summed E-state index contributed by atoms with van der Waals surface area (Å²) in [6.07, 6.45) is 1.11. The van der Waals surface area contributed by atoms with Gasteiger partial charge in [-0.15, -0.1) is 0 Å². The first-order valence-corrected chi connectivity index (χ1v) is 4.18. The summed E-state index contributed by atoms with van der Waals surface area (Å²) < 4.78 is 17.7. The van der Waals surface area contributed by atoms with Crippen LogP contribution in [0.2, 0.25) is 0 Å². The van der Waals surface area contributed by atoms with Gasteiger partial charge in [0, 0.05) is 0 Å². The third kappa shape index (κ3) is 2.44. The van der Waals surface area contributed by atoms with E-state index in [0.29, 0.717) is 12.8 Å². The maximum atomic E-state index is 13.0. The zero-order chi connectivity index (χ0) is 8.97. The maximum Gasteiger partial charge on any atom is 0.332 e. The number of alkyl halides is 1. The van der Waals surface area contributed by atoms with Gasteiger partial charge in [-0.2, -0.15) is 0 Å². The van der Waals surface area contributed by atoms with Gasteiger partial charge in [0.05, 0.1) is 0 Å². The van der Waals surface area contributed by atoms with Gasteiger partial charge in [0.15, 0.2) is 0 Å². The minimum absolute atomic E-state index is 0.462. The highest BCUT2D eigenvalue weighted by atomic mass is 19.1. The monoisotopic (exact) mass is 176 g/mol. The van der Waals surface area contributed by atoms with Crippen LogP contribution in [0.15, 0.2) is 0 Å². The molecular formula is C8H13FO3. The molecule has 1 rings (SSSR count). The minimum Gasteiger partial charge on any atom is -0.458 e. The van der Waals surface area contributed by atoms with Crippen LogP contribution in [0.25, 0.3) is 0 Å². The molecule has 1 aliphatic rings. The molecule has 0 amide bonds. The number of rotatable bonds is 2. The van der Waals surface area contributed by atoms with Crippen molar-refractivity contribution in [1.29, 1.82) is 0 Å². The first-order valence-electron chi connectivity index (χ1n) is 4.18. The van der Waals surface area contributed by atoms with Crippen LogP contribution in [0.3, 0.4) is 0 Å². The van der Waals surface area contributed by atoms with Gasteiger partial charge in [0.1, 0.15) is 18.9 Å². The van der Waals surface area contributed by atoms with Gasteiger partial charge in [-0.05, 0) is 19.3 Å². The number of hydrogen-bond donors (Lipinski definition) is 1. The molecule has 0 bridgehead atoms. The van der Waals surface area contributed by atoms with Crippen molar-refractivity contribution in [2.75, 3.05) is 6.61 Å². The first-order chi connectivity index (χ1) is 5.74. The van der Waals surface area contributed by atoms with E-state index in [1.807, 2.05) is 0 Å². The molecule has 0 aliphatic heterocycles. The number of halogens is 1. The van der Waals surface area contributed by atoms with Crippen LogP contribution in [0.1, 0.15) is 25.7 Å². The van der Waals surface area contributed by atoms with Crippen molar-refractivity contribution >= 4 is 5.97 Å². The number of hydrogen-bond acceptors (Lipinski definition) is 3. The second kappa shape index (κ2) is 4.40. The van der Waals surface area contributed by atoms with E-state index in [9.17, 15) is 9.18 Å². The standard InChI is InChI=1S/C8H13FO3/c9-6-3-1-2-4-7(6)12-8(11)5-10/h6-7,10H,1-5H2. The zero-order valence-electron chi connectivity index (χ0n) is 6.83. The Morgan fingerprint density at radius 1 is 1.50 bits per heavy atom. The van der Waals surface area contributed by atoms with E-state index in [4.69, 9.17) is 5.11 Å². The second-order valence-corrected chi connectivity index (χ2v) is 2.99. The highest BCUT2D eigenvalue weighted by Crippen LogP contribution is 2.23. The summed E-state index contributed by atoms with van der Waals surface area (Å²) in [6.45, 7) is -0.663. The number of aliphatic hydroxyl groups excluding tert-OH is 1. The molecule has 1 aliphatic carbocycles. The molecule has 2 unspecified atom stereocenters. The Kier molecular flexibility index (Phi) is 3.47. The molecule has 12 heavy (non-hydrogen) atoms. The quantitative estimate of drug-likeness (QED) is 0.633. The van der Waals surface area contributed by atoms with E-state index in [0.717, 1.165) is 12.8 Å². The molecule has 70 valence electrons. The first kappa shape index (κ1) is 9.45. The Labute approximate surface area is 70.5 Å². The molecule has 0 aromatic rings. The Morgan fingerprint density at radius 2 is 2.17 bits per heavy atom. The maximum absolute atomic E-state index is 13.0. The van der Waals surface area contributed by atoms with Crippen molar-refractivity contribution in [3.63, 3.8) is 0 Å². The molecule has 4 heteroatoms. The summed E-state index contributed by atoms with van der Waals surface area (Å²) in [5, 5.41) is 8.35. The molecular weight excluding hydrogens is 163 g/mol. The van der Waals surface area contributed by atoms with Crippen LogP contribution in [0, 0.1) is 0 Å². The van der Waals surface area contributed by atoms with Crippen molar-refractivity contribution in [2.45, 2.75) is 38.0 Å². The average Bonchev–Trinajstić information content (AvgIpc) is 2.09. The summed E-state index contributed by atoms with van der Waals surface area (Å²) in [5.41, 5.74) is 0. The predicted octanol–water partition coefficient (Wildman–Crippen LogP) is 0.803. The minimum atomic E-state index is -1.05. The second-order valence-electron chi connectivity index (χ2n) is 2.99. The van der Waals surface area contributed by atoms with Crippen LogP contribution >= 0.6 is 0 Å². The summed E-state index contributed by atoms with van der Waals surface area (Å²) in [7, 11) is 0. The van der Waals surface area contributed by atoms with E-state index in [1.54, 1.807) is 0 Å². The lowest BCUT2D eigenvalue weighted by molar-refractivity contribution is -0.157. The Hall–Kier alpha value is -0.640. The van der Waals surface area contributed by atoms with Crippen LogP contribution in [0.4, 0.5) is 4.39 Å². The molecule has 0 aromatic heterocycles. The SMILES string of the molecule is O=C(CO)OC1CCCCC1F. The van der Waals surface area contributed by atoms with Crippen molar-refractivity contribution in [3.8, 4) is 0 Å². The lowest BCUT2D eigenvalue weighted by Gasteiger charge is -2.25. The third-order valence-electron chi connectivity index (χ3n) is 2.03. The van der Waals surface area contributed by atoms with E-state index in [2.05, 4.69) is 4.74 Å². The van der Waals surface area contributed by atoms with Gasteiger partial charge in [-0.1, -0.05) is 6.42 Å². The molecule has 0 spiro atoms. The van der Waals surface area contributed by atoms with E-state index < -0.39 is 24.9 Å². The van der Waals surface area contributed by atoms with Crippen LogP contribution in [-0.4, -0.2) is 30.0 Å². The fraction of sp³-hybridized carbons (Fsp3) is 0.875. The van der Waals surface area contributed by atoms with Crippen LogP contribution < -0.4 is 0 Å². The lowest BCUT2D eigenvalue weighted by atomic mass is 9.96. The van der Waals surface area contributed by atoms with Crippen LogP contribution in [-0.2, 0) is 9.53 Å². The number of aliphatic hydroxyl groups is 1. The van der Waals surface area contributed by atoms with Gasteiger partial charge in [0.2, 0.25) is 0 Å². The molecule has 1 N–H and O–H groups in total. The molecule has 2 atom stereocenters. The van der Waals surface area contributed by atoms with Crippen molar-refractivity contribution < 1.29 is 19.0 Å². The Morgan fingerprint density at radius 3 is 2.75 bits per heavy atom. The summed E-state index contributed by atoms with van der Waals surface area (Å²) in [6, 6.07) is 0. The summed E-state index contributed by atoms with van der Waals surface area (Å²) in [5.74, 6) is -0.732. The molecule has 1 saturated carbocycles.